The number of rotatable bonds is 3. The molecule has 6 heteroatoms. The van der Waals surface area contributed by atoms with Gasteiger partial charge in [-0.05, 0) is 24.3 Å². The van der Waals surface area contributed by atoms with E-state index in [1.807, 2.05) is 0 Å². The van der Waals surface area contributed by atoms with Gasteiger partial charge in [0, 0.05) is 14.1 Å². The van der Waals surface area contributed by atoms with Crippen LogP contribution in [0.1, 0.15) is 5.56 Å². The number of alkyl halides is 3. The summed E-state index contributed by atoms with van der Waals surface area (Å²) in [6, 6.07) is 4.03. The second-order valence-corrected chi connectivity index (χ2v) is 3.75. The van der Waals surface area contributed by atoms with Gasteiger partial charge in [0.05, 0.1) is 5.56 Å². The highest BCUT2D eigenvalue weighted by atomic mass is 19.4. The van der Waals surface area contributed by atoms with Crippen molar-refractivity contribution in [3.05, 3.63) is 42.2 Å². The Morgan fingerprint density at radius 2 is 1.72 bits per heavy atom. The average molecular weight is 259 g/mol. The first-order valence-corrected chi connectivity index (χ1v) is 4.97. The van der Waals surface area contributed by atoms with E-state index in [1.165, 1.54) is 19.0 Å². The molecule has 1 aromatic rings. The Morgan fingerprint density at radius 1 is 1.22 bits per heavy atom. The van der Waals surface area contributed by atoms with Gasteiger partial charge in [-0.2, -0.15) is 13.2 Å². The molecule has 0 radical (unpaired) electrons. The zero-order chi connectivity index (χ0) is 13.9. The van der Waals surface area contributed by atoms with Crippen LogP contribution in [-0.2, 0) is 11.0 Å². The number of ether oxygens (including phenoxy) is 1. The lowest BCUT2D eigenvalue weighted by atomic mass is 10.2. The smallest absolute Gasteiger partial charge is 0.416 e. The lowest BCUT2D eigenvalue weighted by molar-refractivity contribution is -0.137. The Balaban J connectivity index is 2.76. The summed E-state index contributed by atoms with van der Waals surface area (Å²) in [7, 11) is 3.03. The summed E-state index contributed by atoms with van der Waals surface area (Å²) in [5.41, 5.74) is -0.778. The maximum absolute atomic E-state index is 12.3. The van der Waals surface area contributed by atoms with Crippen molar-refractivity contribution >= 4 is 5.91 Å². The Hall–Kier alpha value is -1.98. The third-order valence-electron chi connectivity index (χ3n) is 2.07. The summed E-state index contributed by atoms with van der Waals surface area (Å²) < 4.78 is 41.9. The van der Waals surface area contributed by atoms with Gasteiger partial charge in [-0.25, -0.2) is 0 Å². The van der Waals surface area contributed by atoms with Crippen LogP contribution in [0.4, 0.5) is 13.2 Å². The number of amides is 1. The highest BCUT2D eigenvalue weighted by Crippen LogP contribution is 2.30. The van der Waals surface area contributed by atoms with E-state index in [0.717, 1.165) is 24.3 Å². The van der Waals surface area contributed by atoms with Gasteiger partial charge in [0.2, 0.25) is 0 Å². The largest absolute Gasteiger partial charge is 0.452 e. The van der Waals surface area contributed by atoms with Gasteiger partial charge < -0.3 is 9.64 Å². The van der Waals surface area contributed by atoms with Crippen molar-refractivity contribution in [1.29, 1.82) is 0 Å². The van der Waals surface area contributed by atoms with Gasteiger partial charge in [-0.3, -0.25) is 4.79 Å². The highest BCUT2D eigenvalue weighted by Gasteiger charge is 2.30. The zero-order valence-electron chi connectivity index (χ0n) is 9.91. The molecule has 0 fully saturated rings. The molecule has 0 N–H and O–H groups in total. The first-order chi connectivity index (χ1) is 8.21. The predicted molar refractivity (Wildman–Crippen MR) is 59.9 cm³/mol. The Labute approximate surface area is 102 Å². The quantitative estimate of drug-likeness (QED) is 0.617. The molecule has 0 aliphatic heterocycles. The van der Waals surface area contributed by atoms with Gasteiger partial charge in [-0.1, -0.05) is 6.58 Å². The third kappa shape index (κ3) is 3.51. The highest BCUT2D eigenvalue weighted by molar-refractivity contribution is 5.90. The molecule has 0 saturated carbocycles. The lowest BCUT2D eigenvalue weighted by Crippen LogP contribution is -2.25. The van der Waals surface area contributed by atoms with Crippen molar-refractivity contribution in [3.63, 3.8) is 0 Å². The number of carbonyl (C=O) groups excluding carboxylic acids is 1. The van der Waals surface area contributed by atoms with Crippen molar-refractivity contribution in [2.45, 2.75) is 6.18 Å². The average Bonchev–Trinajstić information content (AvgIpc) is 2.27. The molecule has 0 spiro atoms. The first-order valence-electron chi connectivity index (χ1n) is 4.97. The first kappa shape index (κ1) is 14.1. The van der Waals surface area contributed by atoms with Crippen LogP contribution < -0.4 is 4.74 Å². The Bertz CT molecular complexity index is 449. The normalized spacial score (nSPS) is 10.9. The molecule has 0 heterocycles. The number of nitrogens with zero attached hydrogens (tertiary/aromatic N) is 1. The van der Waals surface area contributed by atoms with Crippen molar-refractivity contribution < 1.29 is 22.7 Å². The molecular weight excluding hydrogens is 247 g/mol. The molecule has 0 aromatic heterocycles. The topological polar surface area (TPSA) is 29.5 Å². The number of hydrogen-bond donors (Lipinski definition) is 0. The number of likely N-dealkylation sites (N-methyl/N-ethyl adjacent to an activating group) is 1. The summed E-state index contributed by atoms with van der Waals surface area (Å²) in [4.78, 5) is 12.7. The molecule has 0 saturated heterocycles. The number of carbonyl (C=O) groups is 1. The summed E-state index contributed by atoms with van der Waals surface area (Å²) in [5, 5.41) is 0. The van der Waals surface area contributed by atoms with Crippen molar-refractivity contribution in [2.24, 2.45) is 0 Å². The molecule has 0 aliphatic rings. The molecule has 3 nitrogen and oxygen atoms in total. The maximum Gasteiger partial charge on any atom is 0.416 e. The Kier molecular flexibility index (Phi) is 4.00. The number of benzene rings is 1. The summed E-state index contributed by atoms with van der Waals surface area (Å²) in [6.07, 6.45) is -4.39. The molecule has 1 rings (SSSR count). The minimum atomic E-state index is -4.39. The van der Waals surface area contributed by atoms with E-state index in [2.05, 4.69) is 6.58 Å². The molecule has 18 heavy (non-hydrogen) atoms. The van der Waals surface area contributed by atoms with Crippen molar-refractivity contribution in [2.75, 3.05) is 14.1 Å². The standard InChI is InChI=1S/C12H12F3NO2/c1-8(11(17)16(2)3)18-10-6-4-9(5-7-10)12(13,14)15/h4-7H,1H2,2-3H3. The van der Waals surface area contributed by atoms with Gasteiger partial charge in [0.1, 0.15) is 5.75 Å². The van der Waals surface area contributed by atoms with E-state index >= 15 is 0 Å². The summed E-state index contributed by atoms with van der Waals surface area (Å²) in [5.74, 6) is -0.474. The van der Waals surface area contributed by atoms with Gasteiger partial charge in [-0.15, -0.1) is 0 Å². The summed E-state index contributed by atoms with van der Waals surface area (Å²) >= 11 is 0. The third-order valence-corrected chi connectivity index (χ3v) is 2.07. The van der Waals surface area contributed by atoms with Gasteiger partial charge in [0.15, 0.2) is 5.76 Å². The second-order valence-electron chi connectivity index (χ2n) is 3.75. The Morgan fingerprint density at radius 3 is 2.11 bits per heavy atom. The minimum absolute atomic E-state index is 0.128. The van der Waals surface area contributed by atoms with Crippen LogP contribution in [0.15, 0.2) is 36.6 Å². The molecule has 1 aromatic carbocycles. The van der Waals surface area contributed by atoms with E-state index in [-0.39, 0.29) is 11.5 Å². The molecule has 98 valence electrons. The maximum atomic E-state index is 12.3. The van der Waals surface area contributed by atoms with Crippen LogP contribution in [0, 0.1) is 0 Å². The molecule has 0 unspecified atom stereocenters. The monoisotopic (exact) mass is 259 g/mol. The van der Waals surface area contributed by atoms with E-state index in [1.54, 1.807) is 0 Å². The lowest BCUT2D eigenvalue weighted by Gasteiger charge is -2.13. The van der Waals surface area contributed by atoms with Crippen molar-refractivity contribution in [1.82, 2.24) is 4.90 Å². The molecule has 0 bridgehead atoms. The fourth-order valence-electron chi connectivity index (χ4n) is 1.15. The van der Waals surface area contributed by atoms with Crippen LogP contribution >= 0.6 is 0 Å². The fraction of sp³-hybridized carbons (Fsp3) is 0.250. The number of halogens is 3. The molecule has 1 amide bonds. The molecular formula is C12H12F3NO2. The second kappa shape index (κ2) is 5.12. The van der Waals surface area contributed by atoms with Crippen molar-refractivity contribution in [3.8, 4) is 5.75 Å². The van der Waals surface area contributed by atoms with E-state index in [4.69, 9.17) is 4.74 Å². The van der Waals surface area contributed by atoms with Crippen LogP contribution in [0.25, 0.3) is 0 Å². The minimum Gasteiger partial charge on any atom is -0.452 e. The van der Waals surface area contributed by atoms with Crippen LogP contribution in [0.5, 0.6) is 5.75 Å². The van der Waals surface area contributed by atoms with Crippen LogP contribution in [0.2, 0.25) is 0 Å². The van der Waals surface area contributed by atoms with E-state index in [0.29, 0.717) is 0 Å². The molecule has 0 aliphatic carbocycles. The van der Waals surface area contributed by atoms with Gasteiger partial charge >= 0.3 is 6.18 Å². The van der Waals surface area contributed by atoms with E-state index in [9.17, 15) is 18.0 Å². The number of hydrogen-bond acceptors (Lipinski definition) is 2. The SMILES string of the molecule is C=C(Oc1ccc(C(F)(F)F)cc1)C(=O)N(C)C. The fourth-order valence-corrected chi connectivity index (χ4v) is 1.15. The zero-order valence-corrected chi connectivity index (χ0v) is 9.91. The summed E-state index contributed by atoms with van der Waals surface area (Å²) in [6.45, 7) is 3.41. The van der Waals surface area contributed by atoms with Crippen LogP contribution in [0.3, 0.4) is 0 Å². The molecule has 0 atom stereocenters. The van der Waals surface area contributed by atoms with Gasteiger partial charge in [0.25, 0.3) is 5.91 Å². The predicted octanol–water partition coefficient (Wildman–Crippen LogP) is 2.69. The van der Waals surface area contributed by atoms with Crippen LogP contribution in [-0.4, -0.2) is 24.9 Å². The van der Waals surface area contributed by atoms with E-state index < -0.39 is 17.6 Å².